The van der Waals surface area contributed by atoms with E-state index in [1.165, 1.54) is 0 Å². The Morgan fingerprint density at radius 2 is 1.94 bits per heavy atom. The topological polar surface area (TPSA) is 64.3 Å². The highest BCUT2D eigenvalue weighted by Gasteiger charge is 2.23. The fourth-order valence-corrected chi connectivity index (χ4v) is 4.34. The number of para-hydroxylation sites is 2. The molecule has 1 aromatic carbocycles. The lowest BCUT2D eigenvalue weighted by molar-refractivity contribution is 0.400. The van der Waals surface area contributed by atoms with E-state index < -0.39 is 0 Å². The quantitative estimate of drug-likeness (QED) is 0.386. The van der Waals surface area contributed by atoms with Crippen LogP contribution < -0.4 is 15.4 Å². The largest absolute Gasteiger partial charge is 0.480 e. The van der Waals surface area contributed by atoms with Crippen LogP contribution >= 0.6 is 0 Å². The molecule has 0 amide bonds. The van der Waals surface area contributed by atoms with Crippen LogP contribution in [-0.4, -0.2) is 27.7 Å². The van der Waals surface area contributed by atoms with Gasteiger partial charge in [0, 0.05) is 18.3 Å². The third-order valence-corrected chi connectivity index (χ3v) is 6.16. The number of hydrogen-bond acceptors (Lipinski definition) is 5. The Labute approximate surface area is 196 Å². The molecule has 0 radical (unpaired) electrons. The summed E-state index contributed by atoms with van der Waals surface area (Å²) in [4.78, 5) is 14.3. The number of benzene rings is 2. The monoisotopic (exact) mass is 453 g/mol. The lowest BCUT2D eigenvalue weighted by atomic mass is 10.1. The molecule has 170 valence electrons. The second kappa shape index (κ2) is 8.41. The minimum Gasteiger partial charge on any atom is -0.480 e. The Bertz CT molecular complexity index is 1500. The summed E-state index contributed by atoms with van der Waals surface area (Å²) < 4.78 is 21.4. The zero-order chi connectivity index (χ0) is 23.1. The molecule has 0 bridgehead atoms. The van der Waals surface area contributed by atoms with Crippen LogP contribution in [0.4, 0.5) is 15.8 Å². The molecular weight excluding hydrogens is 429 g/mol. The Morgan fingerprint density at radius 1 is 1.06 bits per heavy atom. The molecule has 1 N–H and O–H groups in total. The highest BCUT2D eigenvalue weighted by atomic mass is 19.1. The highest BCUT2D eigenvalue weighted by molar-refractivity contribution is 5.86. The van der Waals surface area contributed by atoms with Crippen molar-refractivity contribution in [1.82, 2.24) is 14.5 Å². The van der Waals surface area contributed by atoms with Crippen molar-refractivity contribution in [2.24, 2.45) is 4.99 Å². The van der Waals surface area contributed by atoms with Crippen LogP contribution in [0.5, 0.6) is 5.88 Å². The van der Waals surface area contributed by atoms with Gasteiger partial charge >= 0.3 is 0 Å². The summed E-state index contributed by atoms with van der Waals surface area (Å²) in [6.07, 6.45) is 8.35. The first-order chi connectivity index (χ1) is 16.7. The second-order valence-corrected chi connectivity index (χ2v) is 8.61. The van der Waals surface area contributed by atoms with Gasteiger partial charge in [-0.1, -0.05) is 12.1 Å². The molecule has 2 heterocycles. The summed E-state index contributed by atoms with van der Waals surface area (Å²) in [6, 6.07) is 16.3. The first-order valence-corrected chi connectivity index (χ1v) is 11.5. The van der Waals surface area contributed by atoms with E-state index in [0.717, 1.165) is 57.7 Å². The molecule has 1 fully saturated rings. The van der Waals surface area contributed by atoms with E-state index in [1.54, 1.807) is 19.4 Å². The molecule has 6 rings (SSSR count). The molecule has 4 aliphatic rings. The number of allylic oxidation sites excluding steroid dienone is 4. The van der Waals surface area contributed by atoms with E-state index in [0.29, 0.717) is 24.8 Å². The molecule has 6 nitrogen and oxygen atoms in total. The Balaban J connectivity index is 1.61. The standard InChI is InChI=1S/C27H24FN5O/c1-34-27-21(6-4-14-29-27)32-22-15-24-26(16-23(22)30-18-10-11-18)33(19-12-8-17(28)9-13-19)25-7-3-2-5-20(25)31-24/h2-8,12,14-16,18,32H,9-11,13H2,1H3/b30-23+. The molecule has 0 atom stereocenters. The third-order valence-electron chi connectivity index (χ3n) is 6.16. The Hall–Kier alpha value is -4.00. The number of ether oxygens (including phenoxy) is 1. The average Bonchev–Trinajstić information content (AvgIpc) is 3.68. The predicted molar refractivity (Wildman–Crippen MR) is 132 cm³/mol. The summed E-state index contributed by atoms with van der Waals surface area (Å²) in [6.45, 7) is 0. The first kappa shape index (κ1) is 20.6. The van der Waals surface area contributed by atoms with Crippen molar-refractivity contribution in [2.45, 2.75) is 31.7 Å². The van der Waals surface area contributed by atoms with E-state index in [4.69, 9.17) is 14.7 Å². The minimum absolute atomic E-state index is 0.0895. The number of rotatable bonds is 5. The molecule has 1 aliphatic heterocycles. The number of anilines is 2. The number of methoxy groups -OCH3 is 1. The summed E-state index contributed by atoms with van der Waals surface area (Å²) in [5.41, 5.74) is 6.30. The van der Waals surface area contributed by atoms with Gasteiger partial charge in [-0.2, -0.15) is 0 Å². The van der Waals surface area contributed by atoms with Gasteiger partial charge in [-0.15, -0.1) is 0 Å². The second-order valence-electron chi connectivity index (χ2n) is 8.61. The van der Waals surface area contributed by atoms with Gasteiger partial charge in [-0.25, -0.2) is 14.4 Å². The van der Waals surface area contributed by atoms with Crippen LogP contribution in [0.2, 0.25) is 0 Å². The van der Waals surface area contributed by atoms with Crippen molar-refractivity contribution in [2.75, 3.05) is 12.4 Å². The molecule has 7 heteroatoms. The zero-order valence-electron chi connectivity index (χ0n) is 18.8. The van der Waals surface area contributed by atoms with Gasteiger partial charge in [0.15, 0.2) is 0 Å². The summed E-state index contributed by atoms with van der Waals surface area (Å²) in [5.74, 6) is 0.427. The van der Waals surface area contributed by atoms with E-state index in [1.807, 2.05) is 42.5 Å². The number of hydrogen-bond donors (Lipinski definition) is 1. The van der Waals surface area contributed by atoms with E-state index in [2.05, 4.69) is 27.0 Å². The molecule has 0 spiro atoms. The first-order valence-electron chi connectivity index (χ1n) is 11.5. The molecule has 0 saturated heterocycles. The SMILES string of the molecule is COc1ncccc1Nc1cc2nc3ccccc3n(C3=CC=C(F)CC3)c-2c/c1=N\C1CC1. The highest BCUT2D eigenvalue weighted by Crippen LogP contribution is 2.34. The molecule has 34 heavy (non-hydrogen) atoms. The fourth-order valence-electron chi connectivity index (χ4n) is 4.34. The molecule has 1 aromatic heterocycles. The third kappa shape index (κ3) is 3.83. The molecule has 1 saturated carbocycles. The van der Waals surface area contributed by atoms with E-state index >= 15 is 0 Å². The summed E-state index contributed by atoms with van der Waals surface area (Å²) in [7, 11) is 1.61. The zero-order valence-corrected chi connectivity index (χ0v) is 18.8. The lowest BCUT2D eigenvalue weighted by Gasteiger charge is -2.23. The van der Waals surface area contributed by atoms with Crippen molar-refractivity contribution >= 4 is 28.1 Å². The van der Waals surface area contributed by atoms with Gasteiger partial charge in [0.1, 0.15) is 11.5 Å². The van der Waals surface area contributed by atoms with Crippen LogP contribution in [0.1, 0.15) is 25.7 Å². The van der Waals surface area contributed by atoms with Crippen LogP contribution in [0.15, 0.2) is 77.7 Å². The fraction of sp³-hybridized carbons (Fsp3) is 0.222. The number of halogens is 1. The Morgan fingerprint density at radius 3 is 2.74 bits per heavy atom. The van der Waals surface area contributed by atoms with Gasteiger partial charge in [-0.05, 0) is 67.8 Å². The van der Waals surface area contributed by atoms with Crippen molar-refractivity contribution in [3.63, 3.8) is 0 Å². The summed E-state index contributed by atoms with van der Waals surface area (Å²) >= 11 is 0. The normalized spacial score (nSPS) is 16.5. The maximum atomic E-state index is 13.8. The number of aromatic nitrogens is 3. The maximum Gasteiger partial charge on any atom is 0.237 e. The smallest absolute Gasteiger partial charge is 0.237 e. The van der Waals surface area contributed by atoms with E-state index in [9.17, 15) is 4.39 Å². The number of fused-ring (bicyclic) bond motifs is 2. The molecule has 3 aliphatic carbocycles. The number of nitrogens with zero attached hydrogens (tertiary/aromatic N) is 4. The van der Waals surface area contributed by atoms with Crippen molar-refractivity contribution in [1.29, 1.82) is 0 Å². The average molecular weight is 454 g/mol. The maximum absolute atomic E-state index is 13.8. The van der Waals surface area contributed by atoms with Crippen molar-refractivity contribution < 1.29 is 9.13 Å². The summed E-state index contributed by atoms with van der Waals surface area (Å²) in [5, 5.41) is 4.33. The van der Waals surface area contributed by atoms with Gasteiger partial charge in [-0.3, -0.25) is 4.99 Å². The van der Waals surface area contributed by atoms with Crippen LogP contribution in [0, 0.1) is 0 Å². The van der Waals surface area contributed by atoms with Gasteiger partial charge in [0.05, 0.1) is 46.6 Å². The number of nitrogens with one attached hydrogen (secondary N) is 1. The van der Waals surface area contributed by atoms with Crippen molar-refractivity contribution in [3.05, 3.63) is 78.1 Å². The Kier molecular flexibility index (Phi) is 5.09. The number of pyridine rings is 1. The molecular formula is C27H24FN5O. The predicted octanol–water partition coefficient (Wildman–Crippen LogP) is 5.84. The van der Waals surface area contributed by atoms with Gasteiger partial charge in [0.2, 0.25) is 5.88 Å². The van der Waals surface area contributed by atoms with Crippen LogP contribution in [0.3, 0.4) is 0 Å². The van der Waals surface area contributed by atoms with Crippen LogP contribution in [0.25, 0.3) is 28.1 Å². The lowest BCUT2D eigenvalue weighted by Crippen LogP contribution is -2.16. The molecule has 2 aromatic rings. The van der Waals surface area contributed by atoms with E-state index in [-0.39, 0.29) is 5.83 Å². The van der Waals surface area contributed by atoms with Crippen LogP contribution in [-0.2, 0) is 0 Å². The van der Waals surface area contributed by atoms with Gasteiger partial charge in [0.25, 0.3) is 0 Å². The molecule has 0 unspecified atom stereocenters. The van der Waals surface area contributed by atoms with Gasteiger partial charge < -0.3 is 14.6 Å². The minimum atomic E-state index is -0.0895. The van der Waals surface area contributed by atoms with Crippen molar-refractivity contribution in [3.8, 4) is 17.3 Å².